The molecule has 0 atom stereocenters. The summed E-state index contributed by atoms with van der Waals surface area (Å²) in [6, 6.07) is 64.2. The Bertz CT molecular complexity index is 3340. The summed E-state index contributed by atoms with van der Waals surface area (Å²) >= 11 is 1.78. The first-order valence-corrected chi connectivity index (χ1v) is 20.9. The summed E-state index contributed by atoms with van der Waals surface area (Å²) in [4.78, 5) is 15.5. The molecule has 1 aliphatic carbocycles. The van der Waals surface area contributed by atoms with Crippen LogP contribution in [0.2, 0.25) is 0 Å². The molecule has 3 aromatic heterocycles. The molecule has 0 saturated carbocycles. The van der Waals surface area contributed by atoms with Crippen molar-refractivity contribution in [3.05, 3.63) is 199 Å². The number of benzene rings is 7. The van der Waals surface area contributed by atoms with Gasteiger partial charge in [-0.2, -0.15) is 5.26 Å². The highest BCUT2D eigenvalue weighted by molar-refractivity contribution is 7.25. The van der Waals surface area contributed by atoms with Crippen LogP contribution in [0.1, 0.15) is 30.5 Å². The lowest BCUT2D eigenvalue weighted by molar-refractivity contribution is 0.660. The smallest absolute Gasteiger partial charge is 0.160 e. The number of nitrogens with zero attached hydrogens (tertiary/aromatic N) is 4. The van der Waals surface area contributed by atoms with Gasteiger partial charge >= 0.3 is 0 Å². The van der Waals surface area contributed by atoms with E-state index in [9.17, 15) is 5.26 Å². The van der Waals surface area contributed by atoms with Gasteiger partial charge in [-0.3, -0.25) is 4.98 Å². The first-order valence-electron chi connectivity index (χ1n) is 20.1. The molecule has 60 heavy (non-hydrogen) atoms. The predicted molar refractivity (Wildman–Crippen MR) is 248 cm³/mol. The van der Waals surface area contributed by atoms with Crippen molar-refractivity contribution in [2.75, 3.05) is 0 Å². The van der Waals surface area contributed by atoms with Crippen molar-refractivity contribution < 1.29 is 0 Å². The van der Waals surface area contributed by atoms with Gasteiger partial charge < -0.3 is 0 Å². The first kappa shape index (κ1) is 35.6. The largest absolute Gasteiger partial charge is 0.254 e. The third-order valence-electron chi connectivity index (χ3n) is 12.0. The Labute approximate surface area is 352 Å². The van der Waals surface area contributed by atoms with Crippen LogP contribution in [0.25, 0.3) is 98.7 Å². The molecular weight excluding hydrogens is 749 g/mol. The highest BCUT2D eigenvalue weighted by Crippen LogP contribution is 2.50. The van der Waals surface area contributed by atoms with Gasteiger partial charge in [0.2, 0.25) is 0 Å². The lowest BCUT2D eigenvalue weighted by Gasteiger charge is -2.22. The Kier molecular flexibility index (Phi) is 8.37. The average Bonchev–Trinajstić information content (AvgIpc) is 3.79. The molecule has 5 heteroatoms. The van der Waals surface area contributed by atoms with E-state index in [0.717, 1.165) is 66.1 Å². The van der Waals surface area contributed by atoms with E-state index in [2.05, 4.69) is 166 Å². The molecule has 0 fully saturated rings. The molecule has 0 unspecified atom stereocenters. The molecule has 3 heterocycles. The Morgan fingerprint density at radius 1 is 0.467 bits per heavy atom. The van der Waals surface area contributed by atoms with Crippen LogP contribution in [0.4, 0.5) is 0 Å². The molecule has 0 radical (unpaired) electrons. The summed E-state index contributed by atoms with van der Waals surface area (Å²) in [5, 5.41) is 10.9. The average molecular weight is 785 g/mol. The molecule has 11 rings (SSSR count). The summed E-state index contributed by atoms with van der Waals surface area (Å²) in [6.07, 6.45) is 2.01. The van der Waals surface area contributed by atoms with Crippen molar-refractivity contribution >= 4 is 31.6 Å². The molecule has 0 aliphatic heterocycles. The molecule has 1 aliphatic rings. The van der Waals surface area contributed by atoms with E-state index in [0.29, 0.717) is 11.4 Å². The van der Waals surface area contributed by atoms with Gasteiger partial charge in [0.05, 0.1) is 33.2 Å². The predicted octanol–water partition coefficient (Wildman–Crippen LogP) is 14.4. The molecule has 10 aromatic rings. The van der Waals surface area contributed by atoms with Crippen LogP contribution in [-0.4, -0.2) is 15.0 Å². The zero-order chi connectivity index (χ0) is 40.4. The van der Waals surface area contributed by atoms with Crippen LogP contribution < -0.4 is 0 Å². The topological polar surface area (TPSA) is 62.5 Å². The maximum atomic E-state index is 9.74. The SMILES string of the molecule is CC1(C)c2cc(C#N)ccc2-c2ccc(-c3cc(-c4cnc5c(c4)sc4ccccc45)cc(-c4cc(-c5ccc(-c6ccccc6)cc5)nc(-c5ccccc5)n4)c3)cc21. The van der Waals surface area contributed by atoms with Gasteiger partial charge in [0.1, 0.15) is 0 Å². The third-order valence-corrected chi connectivity index (χ3v) is 13.1. The second kappa shape index (κ2) is 14.1. The Hall–Kier alpha value is -7.52. The summed E-state index contributed by atoms with van der Waals surface area (Å²) in [7, 11) is 0. The van der Waals surface area contributed by atoms with Crippen molar-refractivity contribution in [1.82, 2.24) is 15.0 Å². The van der Waals surface area contributed by atoms with E-state index in [1.165, 1.54) is 37.9 Å². The lowest BCUT2D eigenvalue weighted by atomic mass is 9.81. The maximum Gasteiger partial charge on any atom is 0.160 e. The van der Waals surface area contributed by atoms with Gasteiger partial charge in [-0.25, -0.2) is 9.97 Å². The van der Waals surface area contributed by atoms with E-state index >= 15 is 0 Å². The van der Waals surface area contributed by atoms with E-state index in [1.807, 2.05) is 36.5 Å². The van der Waals surface area contributed by atoms with Crippen molar-refractivity contribution in [2.45, 2.75) is 19.3 Å². The quantitative estimate of drug-likeness (QED) is 0.168. The number of hydrogen-bond acceptors (Lipinski definition) is 5. The highest BCUT2D eigenvalue weighted by Gasteiger charge is 2.36. The third kappa shape index (κ3) is 6.09. The molecule has 7 aromatic carbocycles. The van der Waals surface area contributed by atoms with Crippen LogP contribution in [0, 0.1) is 11.3 Å². The molecule has 0 saturated heterocycles. The van der Waals surface area contributed by atoms with Gasteiger partial charge in [0.15, 0.2) is 5.82 Å². The van der Waals surface area contributed by atoms with E-state index < -0.39 is 0 Å². The molecule has 4 nitrogen and oxygen atoms in total. The molecular formula is C55H36N4S. The molecule has 0 N–H and O–H groups in total. The van der Waals surface area contributed by atoms with Crippen molar-refractivity contribution in [1.29, 1.82) is 5.26 Å². The number of aromatic nitrogens is 3. The standard InChI is InChI=1S/C55H36N4S/c1-55(2)47-25-34(32-56)17-23-44(47)45-24-22-39(29-48(45)55)40-26-41(43-30-52-53(57-33-43)46-15-9-10-16-51(46)60-52)28-42(27-40)50-31-49(58-54(59-50)38-13-7-4-8-14-38)37-20-18-36(19-21-37)35-11-5-3-6-12-35/h3-31,33H,1-2H3. The Balaban J connectivity index is 1.10. The lowest BCUT2D eigenvalue weighted by Crippen LogP contribution is -2.15. The van der Waals surface area contributed by atoms with Gasteiger partial charge in [0, 0.05) is 44.0 Å². The monoisotopic (exact) mass is 784 g/mol. The van der Waals surface area contributed by atoms with Gasteiger partial charge in [-0.15, -0.1) is 11.3 Å². The molecule has 0 bridgehead atoms. The van der Waals surface area contributed by atoms with Crippen molar-refractivity contribution in [2.24, 2.45) is 0 Å². The van der Waals surface area contributed by atoms with E-state index in [-0.39, 0.29) is 5.41 Å². The summed E-state index contributed by atoms with van der Waals surface area (Å²) in [6.45, 7) is 4.52. The number of fused-ring (bicyclic) bond motifs is 6. The summed E-state index contributed by atoms with van der Waals surface area (Å²) in [5.74, 6) is 0.671. The van der Waals surface area contributed by atoms with Gasteiger partial charge in [-0.1, -0.05) is 135 Å². The zero-order valence-corrected chi connectivity index (χ0v) is 33.8. The minimum atomic E-state index is -0.272. The number of nitriles is 1. The van der Waals surface area contributed by atoms with Crippen molar-refractivity contribution in [3.63, 3.8) is 0 Å². The fourth-order valence-electron chi connectivity index (χ4n) is 8.77. The maximum absolute atomic E-state index is 9.74. The molecule has 0 spiro atoms. The van der Waals surface area contributed by atoms with E-state index in [1.54, 1.807) is 11.3 Å². The highest BCUT2D eigenvalue weighted by atomic mass is 32.1. The van der Waals surface area contributed by atoms with Crippen LogP contribution in [0.15, 0.2) is 182 Å². The number of pyridine rings is 1. The fraction of sp³-hybridized carbons (Fsp3) is 0.0545. The van der Waals surface area contributed by atoms with Crippen molar-refractivity contribution in [3.8, 4) is 84.5 Å². The van der Waals surface area contributed by atoms with Gasteiger partial charge in [-0.05, 0) is 105 Å². The van der Waals surface area contributed by atoms with E-state index in [4.69, 9.17) is 15.0 Å². The normalized spacial score (nSPS) is 12.6. The number of thiophene rings is 1. The minimum absolute atomic E-state index is 0.272. The van der Waals surface area contributed by atoms with Crippen LogP contribution in [0.5, 0.6) is 0 Å². The minimum Gasteiger partial charge on any atom is -0.254 e. The second-order valence-corrected chi connectivity index (χ2v) is 17.1. The summed E-state index contributed by atoms with van der Waals surface area (Å²) < 4.78 is 2.39. The van der Waals surface area contributed by atoms with Crippen LogP contribution in [0.3, 0.4) is 0 Å². The van der Waals surface area contributed by atoms with Gasteiger partial charge in [0.25, 0.3) is 0 Å². The van der Waals surface area contributed by atoms with Crippen LogP contribution >= 0.6 is 11.3 Å². The Morgan fingerprint density at radius 2 is 1.05 bits per heavy atom. The molecule has 0 amide bonds. The summed E-state index contributed by atoms with van der Waals surface area (Å²) in [5.41, 5.74) is 17.6. The zero-order valence-electron chi connectivity index (χ0n) is 33.0. The fourth-order valence-corrected chi connectivity index (χ4v) is 9.87. The van der Waals surface area contributed by atoms with Crippen LogP contribution in [-0.2, 0) is 5.41 Å². The first-order chi connectivity index (χ1) is 29.4. The second-order valence-electron chi connectivity index (χ2n) is 16.0. The number of rotatable bonds is 6. The Morgan fingerprint density at radius 3 is 1.80 bits per heavy atom. The number of hydrogen-bond donors (Lipinski definition) is 0. The molecule has 282 valence electrons.